The summed E-state index contributed by atoms with van der Waals surface area (Å²) >= 11 is 0. The minimum Gasteiger partial charge on any atom is -0.299 e. The molecule has 0 aliphatic carbocycles. The summed E-state index contributed by atoms with van der Waals surface area (Å²) in [6, 6.07) is 6.68. The van der Waals surface area contributed by atoms with Crippen LogP contribution in [0.5, 0.6) is 0 Å². The van der Waals surface area contributed by atoms with Gasteiger partial charge < -0.3 is 0 Å². The molecule has 0 atom stereocenters. The van der Waals surface area contributed by atoms with Gasteiger partial charge >= 0.3 is 0 Å². The first-order valence-corrected chi connectivity index (χ1v) is 6.87. The minimum atomic E-state index is -0.377. The van der Waals surface area contributed by atoms with E-state index < -0.39 is 0 Å². The lowest BCUT2D eigenvalue weighted by Crippen LogP contribution is -2.26. The van der Waals surface area contributed by atoms with E-state index in [4.69, 9.17) is 4.84 Å². The first kappa shape index (κ1) is 14.0. The van der Waals surface area contributed by atoms with Gasteiger partial charge in [0.1, 0.15) is 0 Å². The highest BCUT2D eigenvalue weighted by atomic mass is 16.7. The molecule has 0 saturated carbocycles. The number of benzene rings is 1. The van der Waals surface area contributed by atoms with Crippen LogP contribution < -0.4 is 0 Å². The van der Waals surface area contributed by atoms with Crippen molar-refractivity contribution in [1.82, 2.24) is 5.06 Å². The lowest BCUT2D eigenvalue weighted by molar-refractivity contribution is -0.384. The summed E-state index contributed by atoms with van der Waals surface area (Å²) in [5, 5.41) is 12.6. The largest absolute Gasteiger partial charge is 0.299 e. The second kappa shape index (κ2) is 7.21. The van der Waals surface area contributed by atoms with E-state index in [1.807, 2.05) is 0 Å². The molecule has 1 aliphatic rings. The fourth-order valence-electron chi connectivity index (χ4n) is 2.25. The van der Waals surface area contributed by atoms with Crippen molar-refractivity contribution in [3.63, 3.8) is 0 Å². The van der Waals surface area contributed by atoms with E-state index in [1.54, 1.807) is 24.3 Å². The maximum Gasteiger partial charge on any atom is 0.269 e. The van der Waals surface area contributed by atoms with Gasteiger partial charge in [-0.15, -0.1) is 0 Å². The number of hydrogen-bond acceptors (Lipinski definition) is 4. The molecule has 1 aromatic carbocycles. The molecule has 0 radical (unpaired) electrons. The number of hydroxylamine groups is 2. The quantitative estimate of drug-likeness (QED) is 0.606. The predicted octanol–water partition coefficient (Wildman–Crippen LogP) is 2.94. The number of nitro benzene ring substituents is 1. The zero-order valence-electron chi connectivity index (χ0n) is 11.1. The molecule has 104 valence electrons. The zero-order chi connectivity index (χ0) is 13.5. The SMILES string of the molecule is O=[N+]([O-])c1ccc(CCON2CCCCCC2)cc1. The van der Waals surface area contributed by atoms with Crippen LogP contribution in [0.4, 0.5) is 5.69 Å². The van der Waals surface area contributed by atoms with Crippen LogP contribution in [0, 0.1) is 10.1 Å². The molecule has 0 aromatic heterocycles. The summed E-state index contributed by atoms with van der Waals surface area (Å²) in [5.74, 6) is 0. The van der Waals surface area contributed by atoms with E-state index in [9.17, 15) is 10.1 Å². The molecular formula is C14H20N2O3. The number of nitrogens with zero attached hydrogens (tertiary/aromatic N) is 2. The topological polar surface area (TPSA) is 55.6 Å². The Morgan fingerprint density at radius 3 is 2.32 bits per heavy atom. The fraction of sp³-hybridized carbons (Fsp3) is 0.571. The van der Waals surface area contributed by atoms with Crippen molar-refractivity contribution in [2.45, 2.75) is 32.1 Å². The van der Waals surface area contributed by atoms with Crippen molar-refractivity contribution in [2.24, 2.45) is 0 Å². The van der Waals surface area contributed by atoms with Gasteiger partial charge in [-0.1, -0.05) is 25.0 Å². The highest BCUT2D eigenvalue weighted by molar-refractivity contribution is 5.32. The van der Waals surface area contributed by atoms with Crippen molar-refractivity contribution in [1.29, 1.82) is 0 Å². The molecule has 0 bridgehead atoms. The van der Waals surface area contributed by atoms with Crippen molar-refractivity contribution in [2.75, 3.05) is 19.7 Å². The van der Waals surface area contributed by atoms with E-state index >= 15 is 0 Å². The third-order valence-electron chi connectivity index (χ3n) is 3.38. The van der Waals surface area contributed by atoms with Gasteiger partial charge in [0.25, 0.3) is 5.69 Å². The van der Waals surface area contributed by atoms with Crippen LogP contribution in [0.3, 0.4) is 0 Å². The summed E-state index contributed by atoms with van der Waals surface area (Å²) in [6.45, 7) is 2.67. The second-order valence-electron chi connectivity index (χ2n) is 4.85. The lowest BCUT2D eigenvalue weighted by atomic mass is 10.1. The monoisotopic (exact) mass is 264 g/mol. The molecule has 1 aromatic rings. The number of nitro groups is 1. The van der Waals surface area contributed by atoms with E-state index in [1.165, 1.54) is 25.7 Å². The van der Waals surface area contributed by atoms with E-state index in [2.05, 4.69) is 5.06 Å². The summed E-state index contributed by atoms with van der Waals surface area (Å²) in [5.41, 5.74) is 1.21. The summed E-state index contributed by atoms with van der Waals surface area (Å²) in [4.78, 5) is 15.9. The van der Waals surface area contributed by atoms with Gasteiger partial charge in [-0.3, -0.25) is 15.0 Å². The molecule has 1 saturated heterocycles. The molecule has 0 unspecified atom stereocenters. The smallest absolute Gasteiger partial charge is 0.269 e. The summed E-state index contributed by atoms with van der Waals surface area (Å²) in [6.07, 6.45) is 5.79. The Morgan fingerprint density at radius 1 is 1.11 bits per heavy atom. The minimum absolute atomic E-state index is 0.136. The Labute approximate surface area is 113 Å². The van der Waals surface area contributed by atoms with Crippen LogP contribution in [0.1, 0.15) is 31.2 Å². The van der Waals surface area contributed by atoms with Crippen LogP contribution in [0.15, 0.2) is 24.3 Å². The van der Waals surface area contributed by atoms with Crippen LogP contribution in [0.25, 0.3) is 0 Å². The molecule has 1 aliphatic heterocycles. The van der Waals surface area contributed by atoms with Gasteiger partial charge in [-0.25, -0.2) is 0 Å². The normalized spacial score (nSPS) is 17.1. The average molecular weight is 264 g/mol. The summed E-state index contributed by atoms with van der Waals surface area (Å²) in [7, 11) is 0. The molecule has 2 rings (SSSR count). The maximum atomic E-state index is 10.5. The lowest BCUT2D eigenvalue weighted by Gasteiger charge is -2.19. The van der Waals surface area contributed by atoms with Crippen LogP contribution in [0.2, 0.25) is 0 Å². The van der Waals surface area contributed by atoms with Crippen LogP contribution >= 0.6 is 0 Å². The maximum absolute atomic E-state index is 10.5. The van der Waals surface area contributed by atoms with Gasteiger partial charge in [-0.05, 0) is 24.8 Å². The van der Waals surface area contributed by atoms with E-state index in [-0.39, 0.29) is 10.6 Å². The van der Waals surface area contributed by atoms with Gasteiger partial charge in [0.05, 0.1) is 11.5 Å². The zero-order valence-corrected chi connectivity index (χ0v) is 11.1. The molecule has 5 heteroatoms. The molecule has 0 amide bonds. The summed E-state index contributed by atoms with van der Waals surface area (Å²) < 4.78 is 0. The molecule has 19 heavy (non-hydrogen) atoms. The second-order valence-corrected chi connectivity index (χ2v) is 4.85. The first-order valence-electron chi connectivity index (χ1n) is 6.87. The van der Waals surface area contributed by atoms with Crippen LogP contribution in [-0.2, 0) is 11.3 Å². The molecular weight excluding hydrogens is 244 g/mol. The highest BCUT2D eigenvalue weighted by Gasteiger charge is 2.09. The molecule has 0 spiro atoms. The third kappa shape index (κ3) is 4.61. The van der Waals surface area contributed by atoms with Crippen molar-refractivity contribution < 1.29 is 9.76 Å². The molecule has 5 nitrogen and oxygen atoms in total. The van der Waals surface area contributed by atoms with Gasteiger partial charge in [-0.2, -0.15) is 5.06 Å². The fourth-order valence-corrected chi connectivity index (χ4v) is 2.25. The van der Waals surface area contributed by atoms with Crippen molar-refractivity contribution in [3.05, 3.63) is 39.9 Å². The number of rotatable bonds is 5. The molecule has 1 fully saturated rings. The van der Waals surface area contributed by atoms with E-state index in [0.717, 1.165) is 25.1 Å². The Hall–Kier alpha value is -1.46. The standard InChI is InChI=1S/C14H20N2O3/c17-16(18)14-7-5-13(6-8-14)9-12-19-15-10-3-1-2-4-11-15/h5-8H,1-4,9-12H2. The van der Waals surface area contributed by atoms with Crippen LogP contribution in [-0.4, -0.2) is 29.7 Å². The van der Waals surface area contributed by atoms with Crippen molar-refractivity contribution >= 4 is 5.69 Å². The average Bonchev–Trinajstić information content (AvgIpc) is 2.68. The molecule has 0 N–H and O–H groups in total. The first-order chi connectivity index (χ1) is 9.25. The third-order valence-corrected chi connectivity index (χ3v) is 3.38. The Balaban J connectivity index is 1.74. The Kier molecular flexibility index (Phi) is 5.30. The number of non-ortho nitro benzene ring substituents is 1. The van der Waals surface area contributed by atoms with Gasteiger partial charge in [0, 0.05) is 25.2 Å². The predicted molar refractivity (Wildman–Crippen MR) is 72.8 cm³/mol. The van der Waals surface area contributed by atoms with E-state index in [0.29, 0.717) is 6.61 Å². The number of hydrogen-bond donors (Lipinski definition) is 0. The van der Waals surface area contributed by atoms with Gasteiger partial charge in [0.15, 0.2) is 0 Å². The Bertz CT molecular complexity index is 398. The van der Waals surface area contributed by atoms with Crippen molar-refractivity contribution in [3.8, 4) is 0 Å². The molecule has 1 heterocycles. The Morgan fingerprint density at radius 2 is 1.74 bits per heavy atom. The van der Waals surface area contributed by atoms with Gasteiger partial charge in [0.2, 0.25) is 0 Å². The highest BCUT2D eigenvalue weighted by Crippen LogP contribution is 2.13.